The van der Waals surface area contributed by atoms with Gasteiger partial charge < -0.3 is 9.84 Å². The number of Topliss-reactive ketones (excluding diaryl/α,β-unsaturated/α-hetero) is 1. The van der Waals surface area contributed by atoms with E-state index in [1.165, 1.54) is 6.08 Å². The molecule has 1 atom stereocenters. The number of ketones is 1. The number of aromatic hydroxyl groups is 1. The monoisotopic (exact) mass is 323 g/mol. The number of phenols is 1. The number of hydrogen-bond acceptors (Lipinski definition) is 5. The topological polar surface area (TPSA) is 76.0 Å². The molecule has 2 aromatic rings. The predicted molar refractivity (Wildman–Crippen MR) is 91.8 cm³/mol. The van der Waals surface area contributed by atoms with Crippen molar-refractivity contribution in [2.75, 3.05) is 6.61 Å². The molecular formula is C19H17NO4. The van der Waals surface area contributed by atoms with Crippen molar-refractivity contribution < 1.29 is 19.4 Å². The first-order valence-electron chi connectivity index (χ1n) is 7.71. The molecule has 24 heavy (non-hydrogen) atoms. The Labute approximate surface area is 139 Å². The van der Waals surface area contributed by atoms with Crippen LogP contribution in [-0.4, -0.2) is 29.2 Å². The minimum Gasteiger partial charge on any atom is -0.507 e. The van der Waals surface area contributed by atoms with Crippen molar-refractivity contribution in [3.05, 3.63) is 47.7 Å². The normalized spacial score (nSPS) is 18.9. The molecule has 1 unspecified atom stereocenters. The third-order valence-electron chi connectivity index (χ3n) is 3.98. The van der Waals surface area contributed by atoms with E-state index in [2.05, 4.69) is 4.99 Å². The molecule has 0 amide bonds. The standard InChI is InChI=1S/C19H17NO4/c1-3-24-19(23)17-11(2)20-15(18(17)22)10-14-13-7-5-4-6-12(13)8-9-16(14)21/h4-10,17,21H,3H2,1-2H3/b15-10-. The Bertz CT molecular complexity index is 895. The van der Waals surface area contributed by atoms with Crippen molar-refractivity contribution >= 4 is 34.3 Å². The van der Waals surface area contributed by atoms with E-state index in [-0.39, 0.29) is 18.1 Å². The van der Waals surface area contributed by atoms with Gasteiger partial charge in [-0.05, 0) is 36.8 Å². The number of nitrogens with zero attached hydrogens (tertiary/aromatic N) is 1. The maximum absolute atomic E-state index is 12.5. The maximum atomic E-state index is 12.5. The van der Waals surface area contributed by atoms with Crippen LogP contribution in [0.25, 0.3) is 16.8 Å². The van der Waals surface area contributed by atoms with Crippen molar-refractivity contribution in [1.29, 1.82) is 0 Å². The third-order valence-corrected chi connectivity index (χ3v) is 3.98. The molecule has 0 aromatic heterocycles. The maximum Gasteiger partial charge on any atom is 0.322 e. The highest BCUT2D eigenvalue weighted by molar-refractivity contribution is 6.29. The van der Waals surface area contributed by atoms with Gasteiger partial charge in [-0.1, -0.05) is 30.3 Å². The van der Waals surface area contributed by atoms with Crippen LogP contribution in [0.15, 0.2) is 47.1 Å². The van der Waals surface area contributed by atoms with Crippen molar-refractivity contribution in [3.63, 3.8) is 0 Å². The average Bonchev–Trinajstić information content (AvgIpc) is 2.84. The zero-order valence-corrected chi connectivity index (χ0v) is 13.4. The summed E-state index contributed by atoms with van der Waals surface area (Å²) in [6, 6.07) is 10.9. The van der Waals surface area contributed by atoms with E-state index < -0.39 is 17.7 Å². The number of esters is 1. The Morgan fingerprint density at radius 1 is 1.29 bits per heavy atom. The number of phenolic OH excluding ortho intramolecular Hbond substituents is 1. The SMILES string of the molecule is CCOC(=O)C1C(=O)/C(=C/c2c(O)ccc3ccccc23)N=C1C. The minimum absolute atomic E-state index is 0.0569. The van der Waals surface area contributed by atoms with Crippen molar-refractivity contribution in [2.45, 2.75) is 13.8 Å². The molecule has 122 valence electrons. The van der Waals surface area contributed by atoms with E-state index >= 15 is 0 Å². The van der Waals surface area contributed by atoms with Crippen LogP contribution in [-0.2, 0) is 14.3 Å². The van der Waals surface area contributed by atoms with Gasteiger partial charge in [-0.15, -0.1) is 0 Å². The van der Waals surface area contributed by atoms with Gasteiger partial charge in [0.15, 0.2) is 5.92 Å². The Morgan fingerprint density at radius 2 is 2.04 bits per heavy atom. The van der Waals surface area contributed by atoms with Crippen LogP contribution < -0.4 is 0 Å². The van der Waals surface area contributed by atoms with E-state index in [0.717, 1.165) is 10.8 Å². The van der Waals surface area contributed by atoms with Crippen LogP contribution in [0, 0.1) is 5.92 Å². The van der Waals surface area contributed by atoms with Gasteiger partial charge in [-0.25, -0.2) is 0 Å². The van der Waals surface area contributed by atoms with E-state index in [1.807, 2.05) is 24.3 Å². The van der Waals surface area contributed by atoms with E-state index in [9.17, 15) is 14.7 Å². The molecule has 0 saturated carbocycles. The highest BCUT2D eigenvalue weighted by Gasteiger charge is 2.38. The van der Waals surface area contributed by atoms with Gasteiger partial charge in [-0.2, -0.15) is 0 Å². The molecular weight excluding hydrogens is 306 g/mol. The van der Waals surface area contributed by atoms with Gasteiger partial charge >= 0.3 is 5.97 Å². The molecule has 0 spiro atoms. The molecule has 0 bridgehead atoms. The molecule has 5 nitrogen and oxygen atoms in total. The van der Waals surface area contributed by atoms with Crippen molar-refractivity contribution in [1.82, 2.24) is 0 Å². The fourth-order valence-corrected chi connectivity index (χ4v) is 2.83. The Hall–Kier alpha value is -2.95. The summed E-state index contributed by atoms with van der Waals surface area (Å²) in [5.74, 6) is -1.93. The molecule has 3 rings (SSSR count). The fraction of sp³-hybridized carbons (Fsp3) is 0.211. The predicted octanol–water partition coefficient (Wildman–Crippen LogP) is 3.11. The van der Waals surface area contributed by atoms with Crippen LogP contribution in [0.4, 0.5) is 0 Å². The Balaban J connectivity index is 2.06. The summed E-state index contributed by atoms with van der Waals surface area (Å²) in [6.45, 7) is 3.52. The second kappa shape index (κ2) is 6.28. The highest BCUT2D eigenvalue weighted by Crippen LogP contribution is 2.31. The molecule has 5 heteroatoms. The third kappa shape index (κ3) is 2.69. The van der Waals surface area contributed by atoms with Gasteiger partial charge in [0.05, 0.1) is 6.61 Å². The van der Waals surface area contributed by atoms with Crippen LogP contribution in [0.1, 0.15) is 19.4 Å². The van der Waals surface area contributed by atoms with Gasteiger partial charge in [0.2, 0.25) is 5.78 Å². The first-order valence-corrected chi connectivity index (χ1v) is 7.71. The van der Waals surface area contributed by atoms with Crippen LogP contribution in [0.5, 0.6) is 5.75 Å². The number of allylic oxidation sites excluding steroid dienone is 1. The first-order chi connectivity index (χ1) is 11.5. The molecule has 0 fully saturated rings. The van der Waals surface area contributed by atoms with E-state index in [0.29, 0.717) is 11.3 Å². The summed E-state index contributed by atoms with van der Waals surface area (Å²) < 4.78 is 4.94. The molecule has 1 heterocycles. The zero-order chi connectivity index (χ0) is 17.3. The summed E-state index contributed by atoms with van der Waals surface area (Å²) in [6.07, 6.45) is 1.53. The zero-order valence-electron chi connectivity index (χ0n) is 13.4. The summed E-state index contributed by atoms with van der Waals surface area (Å²) in [5.41, 5.74) is 1.07. The Morgan fingerprint density at radius 3 is 2.79 bits per heavy atom. The van der Waals surface area contributed by atoms with Crippen molar-refractivity contribution in [3.8, 4) is 5.75 Å². The number of carbonyl (C=O) groups is 2. The number of aliphatic imine (C=N–C) groups is 1. The van der Waals surface area contributed by atoms with E-state index in [1.54, 1.807) is 26.0 Å². The lowest BCUT2D eigenvalue weighted by molar-refractivity contribution is -0.147. The van der Waals surface area contributed by atoms with Crippen LogP contribution in [0.2, 0.25) is 0 Å². The fourth-order valence-electron chi connectivity index (χ4n) is 2.83. The molecule has 2 aromatic carbocycles. The number of ether oxygens (including phenoxy) is 1. The largest absolute Gasteiger partial charge is 0.507 e. The molecule has 0 aliphatic carbocycles. The van der Waals surface area contributed by atoms with Gasteiger partial charge in [-0.3, -0.25) is 14.6 Å². The minimum atomic E-state index is -0.992. The second-order valence-corrected chi connectivity index (χ2v) is 5.55. The lowest BCUT2D eigenvalue weighted by Crippen LogP contribution is -2.28. The summed E-state index contributed by atoms with van der Waals surface area (Å²) in [4.78, 5) is 28.7. The smallest absolute Gasteiger partial charge is 0.322 e. The number of rotatable bonds is 3. The average molecular weight is 323 g/mol. The van der Waals surface area contributed by atoms with Crippen molar-refractivity contribution in [2.24, 2.45) is 10.9 Å². The van der Waals surface area contributed by atoms with Gasteiger partial charge in [0.25, 0.3) is 0 Å². The summed E-state index contributed by atoms with van der Waals surface area (Å²) in [5, 5.41) is 11.9. The number of benzene rings is 2. The molecule has 0 saturated heterocycles. The van der Waals surface area contributed by atoms with Crippen LogP contribution in [0.3, 0.4) is 0 Å². The molecule has 1 aliphatic rings. The number of carbonyl (C=O) groups excluding carboxylic acids is 2. The highest BCUT2D eigenvalue weighted by atomic mass is 16.5. The number of hydrogen-bond donors (Lipinski definition) is 1. The van der Waals surface area contributed by atoms with E-state index in [4.69, 9.17) is 4.74 Å². The molecule has 1 aliphatic heterocycles. The molecule has 0 radical (unpaired) electrons. The lowest BCUT2D eigenvalue weighted by atomic mass is 9.98. The molecule has 1 N–H and O–H groups in total. The number of fused-ring (bicyclic) bond motifs is 1. The summed E-state index contributed by atoms with van der Waals surface area (Å²) in [7, 11) is 0. The first kappa shape index (κ1) is 15.9. The lowest BCUT2D eigenvalue weighted by Gasteiger charge is -2.08. The Kier molecular flexibility index (Phi) is 4.16. The summed E-state index contributed by atoms with van der Waals surface area (Å²) >= 11 is 0. The van der Waals surface area contributed by atoms with Gasteiger partial charge in [0, 0.05) is 11.3 Å². The van der Waals surface area contributed by atoms with Gasteiger partial charge in [0.1, 0.15) is 11.4 Å². The second-order valence-electron chi connectivity index (χ2n) is 5.55. The quantitative estimate of drug-likeness (QED) is 0.535. The van der Waals surface area contributed by atoms with Crippen LogP contribution >= 0.6 is 0 Å².